The highest BCUT2D eigenvalue weighted by molar-refractivity contribution is 7.85. The third-order valence-corrected chi connectivity index (χ3v) is 11.6. The lowest BCUT2D eigenvalue weighted by Gasteiger charge is -2.11. The number of hydrogen-bond acceptors (Lipinski definition) is 6. The molecule has 56 heavy (non-hydrogen) atoms. The first-order valence-corrected chi connectivity index (χ1v) is 24.4. The van der Waals surface area contributed by atoms with Crippen LogP contribution in [0.3, 0.4) is 0 Å². The van der Waals surface area contributed by atoms with Crippen molar-refractivity contribution >= 4 is 22.1 Å². The molecule has 0 saturated heterocycles. The lowest BCUT2D eigenvalue weighted by Crippen LogP contribution is -2.16. The zero-order valence-corrected chi connectivity index (χ0v) is 36.4. The van der Waals surface area contributed by atoms with E-state index in [0.717, 1.165) is 63.5 Å². The minimum absolute atomic E-state index is 0.0587. The highest BCUT2D eigenvalue weighted by Gasteiger charge is 2.23. The van der Waals surface area contributed by atoms with Gasteiger partial charge in [-0.05, 0) is 56.7 Å². The Bertz CT molecular complexity index is 1240. The summed E-state index contributed by atoms with van der Waals surface area (Å²) in [4.78, 5) is 25.4. The van der Waals surface area contributed by atoms with E-state index in [4.69, 9.17) is 9.47 Å². The Morgan fingerprint density at radius 1 is 0.446 bits per heavy atom. The summed E-state index contributed by atoms with van der Waals surface area (Å²) in [5.41, 5.74) is -0.268. The molecule has 1 aromatic rings. The molecule has 0 atom stereocenters. The van der Waals surface area contributed by atoms with E-state index in [0.29, 0.717) is 6.42 Å². The highest BCUT2D eigenvalue weighted by Crippen LogP contribution is 2.20. The molecule has 1 N–H and O–H groups in total. The van der Waals surface area contributed by atoms with Crippen molar-refractivity contribution in [2.24, 2.45) is 0 Å². The number of carbonyl (C=O) groups is 2. The van der Waals surface area contributed by atoms with Gasteiger partial charge in [-0.1, -0.05) is 192 Å². The van der Waals surface area contributed by atoms with Crippen molar-refractivity contribution in [3.8, 4) is 0 Å². The van der Waals surface area contributed by atoms with E-state index in [1.165, 1.54) is 167 Å². The molecule has 1 rings (SSSR count). The summed E-state index contributed by atoms with van der Waals surface area (Å²) < 4.78 is 44.0. The van der Waals surface area contributed by atoms with Gasteiger partial charge in [0.15, 0.2) is 0 Å². The Balaban J connectivity index is 2.16. The second-order valence-corrected chi connectivity index (χ2v) is 17.3. The van der Waals surface area contributed by atoms with Gasteiger partial charge in [0.25, 0.3) is 10.1 Å². The van der Waals surface area contributed by atoms with Gasteiger partial charge in [-0.3, -0.25) is 4.55 Å². The van der Waals surface area contributed by atoms with Crippen molar-refractivity contribution in [2.45, 2.75) is 223 Å². The van der Waals surface area contributed by atoms with Crippen molar-refractivity contribution in [3.63, 3.8) is 0 Å². The third-order valence-electron chi connectivity index (χ3n) is 10.8. The Kier molecular flexibility index (Phi) is 33.9. The largest absolute Gasteiger partial charge is 0.462 e. The number of esters is 2. The molecule has 0 fully saturated rings. The van der Waals surface area contributed by atoms with Gasteiger partial charge in [-0.25, -0.2) is 9.59 Å². The molecule has 0 aliphatic rings. The summed E-state index contributed by atoms with van der Waals surface area (Å²) in [6, 6.07) is 3.31. The van der Waals surface area contributed by atoms with E-state index in [1.807, 2.05) is 12.2 Å². The summed E-state index contributed by atoms with van der Waals surface area (Å²) in [7, 11) is -4.57. The Morgan fingerprint density at radius 2 is 0.714 bits per heavy atom. The van der Waals surface area contributed by atoms with Crippen LogP contribution in [0.2, 0.25) is 0 Å². The first-order valence-electron chi connectivity index (χ1n) is 23.0. The molecule has 0 aliphatic carbocycles. The molecular formula is C48H82O7S. The Morgan fingerprint density at radius 3 is 1.00 bits per heavy atom. The third kappa shape index (κ3) is 29.7. The first-order chi connectivity index (χ1) is 27.3. The molecule has 0 aliphatic heterocycles. The standard InChI is InChI=1S/C48H82O7S/c1-3-5-7-9-11-13-15-17-19-21-23-25-27-29-31-33-35-37-41-54-47(49)45-40-39-44(56(51,52)53)43-46(45)48(50)55-42-38-36-34-32-30-28-26-24-22-20-18-16-14-12-10-8-6-4-2/h3-4,39-40,43H,1-2,5-38,41-42H2,(H,51,52,53). The maximum atomic E-state index is 13.0. The zero-order valence-electron chi connectivity index (χ0n) is 35.6. The average Bonchev–Trinajstić information content (AvgIpc) is 3.18. The van der Waals surface area contributed by atoms with Gasteiger partial charge in [0.2, 0.25) is 0 Å². The van der Waals surface area contributed by atoms with Crippen molar-refractivity contribution in [1.82, 2.24) is 0 Å². The number of benzene rings is 1. The average molecular weight is 803 g/mol. The van der Waals surface area contributed by atoms with Crippen LogP contribution in [0.5, 0.6) is 0 Å². The van der Waals surface area contributed by atoms with E-state index < -0.39 is 27.0 Å². The van der Waals surface area contributed by atoms with Crippen LogP contribution >= 0.6 is 0 Å². The maximum absolute atomic E-state index is 13.0. The van der Waals surface area contributed by atoms with Crippen molar-refractivity contribution in [3.05, 3.63) is 54.6 Å². The van der Waals surface area contributed by atoms with Crippen LogP contribution in [0, 0.1) is 0 Å². The van der Waals surface area contributed by atoms with Crippen LogP contribution in [0.25, 0.3) is 0 Å². The lowest BCUT2D eigenvalue weighted by molar-refractivity contribution is 0.0450. The molecular weight excluding hydrogens is 721 g/mol. The van der Waals surface area contributed by atoms with Gasteiger partial charge >= 0.3 is 11.9 Å². The molecule has 0 unspecified atom stereocenters. The van der Waals surface area contributed by atoms with Crippen LogP contribution in [0.4, 0.5) is 0 Å². The Hall–Kier alpha value is -2.45. The van der Waals surface area contributed by atoms with Crippen LogP contribution < -0.4 is 0 Å². The summed E-state index contributed by atoms with van der Waals surface area (Å²) in [5, 5.41) is 0. The van der Waals surface area contributed by atoms with Gasteiger partial charge in [0.05, 0.1) is 29.2 Å². The van der Waals surface area contributed by atoms with Gasteiger partial charge in [-0.2, -0.15) is 8.42 Å². The summed E-state index contributed by atoms with van der Waals surface area (Å²) in [6.07, 6.45) is 45.9. The predicted octanol–water partition coefficient (Wildman–Crippen LogP) is 14.9. The molecule has 0 saturated carbocycles. The van der Waals surface area contributed by atoms with Gasteiger partial charge in [0.1, 0.15) is 0 Å². The lowest BCUT2D eigenvalue weighted by atomic mass is 10.0. The molecule has 0 amide bonds. The van der Waals surface area contributed by atoms with Crippen LogP contribution in [0.1, 0.15) is 239 Å². The van der Waals surface area contributed by atoms with Gasteiger partial charge < -0.3 is 9.47 Å². The molecule has 0 radical (unpaired) electrons. The highest BCUT2D eigenvalue weighted by atomic mass is 32.2. The van der Waals surface area contributed by atoms with Crippen LogP contribution in [0.15, 0.2) is 48.4 Å². The molecule has 322 valence electrons. The number of hydrogen-bond donors (Lipinski definition) is 1. The SMILES string of the molecule is C=CCCCCCCCCCCCCCCCCCCOC(=O)c1ccc(S(=O)(=O)O)cc1C(=O)OCCCCCCCCCCCCCCCCCCC=C. The Labute approximate surface area is 344 Å². The first kappa shape index (κ1) is 51.6. The maximum Gasteiger partial charge on any atom is 0.339 e. The second kappa shape index (κ2) is 36.9. The predicted molar refractivity (Wildman–Crippen MR) is 234 cm³/mol. The summed E-state index contributed by atoms with van der Waals surface area (Å²) in [6.45, 7) is 7.96. The fourth-order valence-electron chi connectivity index (χ4n) is 7.25. The van der Waals surface area contributed by atoms with E-state index >= 15 is 0 Å². The monoisotopic (exact) mass is 803 g/mol. The van der Waals surface area contributed by atoms with E-state index in [-0.39, 0.29) is 24.3 Å². The molecule has 0 aromatic heterocycles. The zero-order chi connectivity index (χ0) is 40.8. The van der Waals surface area contributed by atoms with Gasteiger partial charge in [0, 0.05) is 0 Å². The fourth-order valence-corrected chi connectivity index (χ4v) is 7.75. The number of ether oxygens (including phenoxy) is 2. The minimum atomic E-state index is -4.57. The summed E-state index contributed by atoms with van der Waals surface area (Å²) in [5.74, 6) is -1.50. The minimum Gasteiger partial charge on any atom is -0.462 e. The molecule has 0 bridgehead atoms. The van der Waals surface area contributed by atoms with E-state index in [1.54, 1.807) is 0 Å². The normalized spacial score (nSPS) is 11.4. The molecule has 1 aromatic carbocycles. The molecule has 0 heterocycles. The quantitative estimate of drug-likeness (QED) is 0.0304. The van der Waals surface area contributed by atoms with Crippen LogP contribution in [-0.4, -0.2) is 38.1 Å². The van der Waals surface area contributed by atoms with Crippen molar-refractivity contribution in [1.29, 1.82) is 0 Å². The smallest absolute Gasteiger partial charge is 0.339 e. The topological polar surface area (TPSA) is 107 Å². The van der Waals surface area contributed by atoms with Gasteiger partial charge in [-0.15, -0.1) is 13.2 Å². The van der Waals surface area contributed by atoms with Crippen molar-refractivity contribution < 1.29 is 32.0 Å². The molecule has 8 heteroatoms. The summed E-state index contributed by atoms with van der Waals surface area (Å²) >= 11 is 0. The number of unbranched alkanes of at least 4 members (excludes halogenated alkanes) is 32. The van der Waals surface area contributed by atoms with Crippen molar-refractivity contribution in [2.75, 3.05) is 13.2 Å². The number of allylic oxidation sites excluding steroid dienone is 2. The molecule has 0 spiro atoms. The van der Waals surface area contributed by atoms with E-state index in [9.17, 15) is 22.6 Å². The van der Waals surface area contributed by atoms with E-state index in [2.05, 4.69) is 13.2 Å². The second-order valence-electron chi connectivity index (χ2n) is 15.9. The van der Waals surface area contributed by atoms with Crippen LogP contribution in [-0.2, 0) is 19.6 Å². The fraction of sp³-hybridized carbons (Fsp3) is 0.750. The number of carbonyl (C=O) groups excluding carboxylic acids is 2. The number of rotatable bonds is 41. The molecule has 7 nitrogen and oxygen atoms in total.